The fourth-order valence-electron chi connectivity index (χ4n) is 1.12. The largest absolute Gasteiger partial charge is 0.492 e. The highest BCUT2D eigenvalue weighted by molar-refractivity contribution is 9.10. The van der Waals surface area contributed by atoms with Crippen LogP contribution in [0.4, 0.5) is 13.2 Å². The normalized spacial score (nSPS) is 11.6. The monoisotopic (exact) mass is 296 g/mol. The summed E-state index contributed by atoms with van der Waals surface area (Å²) in [7, 11) is 0. The first-order chi connectivity index (χ1) is 7.45. The van der Waals surface area contributed by atoms with Crippen molar-refractivity contribution in [3.05, 3.63) is 28.2 Å². The summed E-state index contributed by atoms with van der Waals surface area (Å²) < 4.78 is 42.7. The number of hydrogen-bond acceptors (Lipinski definition) is 1. The summed E-state index contributed by atoms with van der Waals surface area (Å²) in [5.41, 5.74) is -0.679. The molecule has 90 valence electrons. The summed E-state index contributed by atoms with van der Waals surface area (Å²) in [5.74, 6) is 0.446. The fourth-order valence-corrected chi connectivity index (χ4v) is 1.61. The third-order valence-corrected chi connectivity index (χ3v) is 2.63. The number of halogens is 4. The van der Waals surface area contributed by atoms with Crippen LogP contribution in [-0.2, 0) is 6.18 Å². The molecule has 0 aliphatic carbocycles. The average Bonchev–Trinajstić information content (AvgIpc) is 2.19. The summed E-state index contributed by atoms with van der Waals surface area (Å²) in [6.07, 6.45) is -2.45. The lowest BCUT2D eigenvalue weighted by Crippen LogP contribution is -2.05. The molecular weight excluding hydrogens is 285 g/mol. The van der Waals surface area contributed by atoms with Crippen LogP contribution < -0.4 is 4.74 Å². The van der Waals surface area contributed by atoms with E-state index in [2.05, 4.69) is 15.9 Å². The van der Waals surface area contributed by atoms with Gasteiger partial charge in [-0.3, -0.25) is 0 Å². The van der Waals surface area contributed by atoms with Crippen molar-refractivity contribution in [2.24, 2.45) is 0 Å². The fraction of sp³-hybridized carbons (Fsp3) is 0.455. The molecule has 0 unspecified atom stereocenters. The number of hydrogen-bond donors (Lipinski definition) is 0. The zero-order valence-corrected chi connectivity index (χ0v) is 10.4. The SMILES string of the molecule is CCCCOc1ccc(C(F)(F)F)cc1Br. The van der Waals surface area contributed by atoms with Crippen molar-refractivity contribution >= 4 is 15.9 Å². The van der Waals surface area contributed by atoms with Gasteiger partial charge in [0, 0.05) is 0 Å². The molecular formula is C11H12BrF3O. The first kappa shape index (κ1) is 13.4. The van der Waals surface area contributed by atoms with E-state index >= 15 is 0 Å². The molecule has 0 aliphatic rings. The molecule has 1 aromatic rings. The average molecular weight is 297 g/mol. The molecule has 0 amide bonds. The molecule has 0 spiro atoms. The highest BCUT2D eigenvalue weighted by Gasteiger charge is 2.30. The molecule has 0 aromatic heterocycles. The Morgan fingerprint density at radius 2 is 2.00 bits per heavy atom. The van der Waals surface area contributed by atoms with Crippen LogP contribution >= 0.6 is 15.9 Å². The van der Waals surface area contributed by atoms with Gasteiger partial charge >= 0.3 is 6.18 Å². The third kappa shape index (κ3) is 3.70. The second kappa shape index (κ2) is 5.57. The standard InChI is InChI=1S/C11H12BrF3O/c1-2-3-6-16-10-5-4-8(7-9(10)12)11(13,14)15/h4-5,7H,2-3,6H2,1H3. The Labute approximate surface area is 101 Å². The Balaban J connectivity index is 2.76. The summed E-state index contributed by atoms with van der Waals surface area (Å²) in [4.78, 5) is 0. The Morgan fingerprint density at radius 1 is 1.31 bits per heavy atom. The van der Waals surface area contributed by atoms with E-state index in [0.717, 1.165) is 25.0 Å². The molecule has 16 heavy (non-hydrogen) atoms. The van der Waals surface area contributed by atoms with E-state index in [1.165, 1.54) is 6.07 Å². The summed E-state index contributed by atoms with van der Waals surface area (Å²) in [6, 6.07) is 3.38. The van der Waals surface area contributed by atoms with Crippen LogP contribution in [0, 0.1) is 0 Å². The molecule has 1 nitrogen and oxygen atoms in total. The van der Waals surface area contributed by atoms with Gasteiger partial charge in [-0.05, 0) is 40.5 Å². The van der Waals surface area contributed by atoms with Crippen molar-refractivity contribution in [1.82, 2.24) is 0 Å². The highest BCUT2D eigenvalue weighted by atomic mass is 79.9. The van der Waals surface area contributed by atoms with E-state index < -0.39 is 11.7 Å². The number of rotatable bonds is 4. The minimum absolute atomic E-state index is 0.332. The minimum atomic E-state index is -4.32. The molecule has 0 atom stereocenters. The zero-order chi connectivity index (χ0) is 12.2. The Hall–Kier alpha value is -0.710. The molecule has 5 heteroatoms. The molecule has 0 saturated carbocycles. The van der Waals surface area contributed by atoms with Crippen LogP contribution in [0.25, 0.3) is 0 Å². The lowest BCUT2D eigenvalue weighted by molar-refractivity contribution is -0.137. The predicted molar refractivity (Wildman–Crippen MR) is 59.5 cm³/mol. The van der Waals surface area contributed by atoms with Crippen molar-refractivity contribution in [2.75, 3.05) is 6.61 Å². The van der Waals surface area contributed by atoms with Crippen molar-refractivity contribution in [1.29, 1.82) is 0 Å². The summed E-state index contributed by atoms with van der Waals surface area (Å²) >= 11 is 3.07. The van der Waals surface area contributed by atoms with Gasteiger partial charge in [0.1, 0.15) is 5.75 Å². The van der Waals surface area contributed by atoms with Gasteiger partial charge in [0.25, 0.3) is 0 Å². The van der Waals surface area contributed by atoms with Gasteiger partial charge in [-0.25, -0.2) is 0 Å². The van der Waals surface area contributed by atoms with E-state index in [0.29, 0.717) is 16.8 Å². The quantitative estimate of drug-likeness (QED) is 0.735. The van der Waals surface area contributed by atoms with E-state index in [1.807, 2.05) is 6.92 Å². The van der Waals surface area contributed by atoms with Gasteiger partial charge in [0.2, 0.25) is 0 Å². The van der Waals surface area contributed by atoms with E-state index in [4.69, 9.17) is 4.74 Å². The summed E-state index contributed by atoms with van der Waals surface area (Å²) in [6.45, 7) is 2.53. The Morgan fingerprint density at radius 3 is 2.50 bits per heavy atom. The van der Waals surface area contributed by atoms with Crippen LogP contribution in [-0.4, -0.2) is 6.61 Å². The van der Waals surface area contributed by atoms with Crippen LogP contribution in [0.3, 0.4) is 0 Å². The van der Waals surface area contributed by atoms with Gasteiger partial charge in [0.15, 0.2) is 0 Å². The molecule has 0 fully saturated rings. The Bertz CT molecular complexity index is 350. The number of ether oxygens (including phenoxy) is 1. The molecule has 0 radical (unpaired) electrons. The van der Waals surface area contributed by atoms with Gasteiger partial charge in [-0.2, -0.15) is 13.2 Å². The van der Waals surface area contributed by atoms with E-state index in [-0.39, 0.29) is 0 Å². The maximum atomic E-state index is 12.3. The zero-order valence-electron chi connectivity index (χ0n) is 8.77. The molecule has 0 saturated heterocycles. The first-order valence-corrected chi connectivity index (χ1v) is 5.74. The van der Waals surface area contributed by atoms with Gasteiger partial charge in [-0.1, -0.05) is 13.3 Å². The van der Waals surface area contributed by atoms with Gasteiger partial charge in [0.05, 0.1) is 16.6 Å². The number of benzene rings is 1. The van der Waals surface area contributed by atoms with Gasteiger partial charge in [-0.15, -0.1) is 0 Å². The van der Waals surface area contributed by atoms with E-state index in [1.54, 1.807) is 0 Å². The van der Waals surface area contributed by atoms with Crippen molar-refractivity contribution in [3.8, 4) is 5.75 Å². The molecule has 0 N–H and O–H groups in total. The maximum absolute atomic E-state index is 12.3. The van der Waals surface area contributed by atoms with Gasteiger partial charge < -0.3 is 4.74 Å². The second-order valence-corrected chi connectivity index (χ2v) is 4.20. The van der Waals surface area contributed by atoms with E-state index in [9.17, 15) is 13.2 Å². The highest BCUT2D eigenvalue weighted by Crippen LogP contribution is 2.34. The molecule has 1 aromatic carbocycles. The number of unbranched alkanes of at least 4 members (excludes halogenated alkanes) is 1. The van der Waals surface area contributed by atoms with Crippen LogP contribution in [0.1, 0.15) is 25.3 Å². The predicted octanol–water partition coefficient (Wildman–Crippen LogP) is 4.65. The van der Waals surface area contributed by atoms with Crippen molar-refractivity contribution < 1.29 is 17.9 Å². The van der Waals surface area contributed by atoms with Crippen LogP contribution in [0.5, 0.6) is 5.75 Å². The van der Waals surface area contributed by atoms with Crippen LogP contribution in [0.2, 0.25) is 0 Å². The second-order valence-electron chi connectivity index (χ2n) is 3.34. The molecule has 0 heterocycles. The molecule has 0 bridgehead atoms. The third-order valence-electron chi connectivity index (χ3n) is 2.01. The topological polar surface area (TPSA) is 9.23 Å². The first-order valence-electron chi connectivity index (χ1n) is 4.94. The smallest absolute Gasteiger partial charge is 0.416 e. The molecule has 0 aliphatic heterocycles. The summed E-state index contributed by atoms with van der Waals surface area (Å²) in [5, 5.41) is 0. The number of alkyl halides is 3. The Kier molecular flexibility index (Phi) is 4.65. The minimum Gasteiger partial charge on any atom is -0.492 e. The van der Waals surface area contributed by atoms with Crippen LogP contribution in [0.15, 0.2) is 22.7 Å². The molecule has 1 rings (SSSR count). The van der Waals surface area contributed by atoms with Crippen molar-refractivity contribution in [3.63, 3.8) is 0 Å². The maximum Gasteiger partial charge on any atom is 0.416 e. The lowest BCUT2D eigenvalue weighted by atomic mass is 10.2. The lowest BCUT2D eigenvalue weighted by Gasteiger charge is -2.11. The van der Waals surface area contributed by atoms with Crippen molar-refractivity contribution in [2.45, 2.75) is 25.9 Å².